The second kappa shape index (κ2) is 5.23. The molecule has 0 amide bonds. The number of aryl methyl sites for hydroxylation is 1. The Balaban J connectivity index is 2.53. The number of carbonyl (C=O) groups excluding carboxylic acids is 1. The van der Waals surface area contributed by atoms with Crippen LogP contribution in [0.4, 0.5) is 0 Å². The molecule has 0 bridgehead atoms. The minimum Gasteiger partial charge on any atom is -0.426 e. The molecule has 4 heteroatoms. The Morgan fingerprint density at radius 1 is 1.44 bits per heavy atom. The van der Waals surface area contributed by atoms with Gasteiger partial charge in [0.05, 0.1) is 0 Å². The van der Waals surface area contributed by atoms with Crippen LogP contribution in [0.15, 0.2) is 18.2 Å². The molecule has 0 saturated carbocycles. The molecule has 0 unspecified atom stereocenters. The third kappa shape index (κ3) is 2.38. The maximum atomic E-state index is 11.1. The number of aromatic nitrogens is 1. The molecule has 0 fully saturated rings. The van der Waals surface area contributed by atoms with Crippen LogP contribution in [0.5, 0.6) is 5.75 Å². The predicted octanol–water partition coefficient (Wildman–Crippen LogP) is 2.16. The van der Waals surface area contributed by atoms with Crippen LogP contribution in [0.25, 0.3) is 10.9 Å². The summed E-state index contributed by atoms with van der Waals surface area (Å²) < 4.78 is 5.28. The molecule has 1 aromatic carbocycles. The maximum Gasteiger partial charge on any atom is 0.308 e. The van der Waals surface area contributed by atoms with Gasteiger partial charge in [-0.15, -0.1) is 0 Å². The van der Waals surface area contributed by atoms with Gasteiger partial charge in [-0.3, -0.25) is 4.79 Å². The molecule has 18 heavy (non-hydrogen) atoms. The first-order chi connectivity index (χ1) is 8.63. The molecule has 0 radical (unpaired) electrons. The van der Waals surface area contributed by atoms with Gasteiger partial charge in [0.15, 0.2) is 0 Å². The van der Waals surface area contributed by atoms with Crippen molar-refractivity contribution in [2.24, 2.45) is 0 Å². The van der Waals surface area contributed by atoms with E-state index >= 15 is 0 Å². The number of aromatic amines is 1. The lowest BCUT2D eigenvalue weighted by atomic mass is 10.1. The van der Waals surface area contributed by atoms with Gasteiger partial charge in [0.2, 0.25) is 0 Å². The van der Waals surface area contributed by atoms with Crippen molar-refractivity contribution in [3.63, 3.8) is 0 Å². The zero-order valence-corrected chi connectivity index (χ0v) is 11.0. The van der Waals surface area contributed by atoms with Gasteiger partial charge in [0, 0.05) is 23.5 Å². The van der Waals surface area contributed by atoms with Crippen molar-refractivity contribution in [1.29, 1.82) is 0 Å². The van der Waals surface area contributed by atoms with Crippen molar-refractivity contribution in [3.05, 3.63) is 29.5 Å². The highest BCUT2D eigenvalue weighted by Crippen LogP contribution is 2.31. The van der Waals surface area contributed by atoms with Gasteiger partial charge in [-0.05, 0) is 44.6 Å². The van der Waals surface area contributed by atoms with E-state index in [0.29, 0.717) is 5.75 Å². The Labute approximate surface area is 106 Å². The fourth-order valence-corrected chi connectivity index (χ4v) is 2.21. The number of carbonyl (C=O) groups is 1. The Bertz CT molecular complexity index is 572. The van der Waals surface area contributed by atoms with E-state index < -0.39 is 0 Å². The summed E-state index contributed by atoms with van der Waals surface area (Å²) in [7, 11) is 1.93. The molecular formula is C14H18N2O2. The number of likely N-dealkylation sites (N-methyl/N-ethyl adjacent to an activating group) is 1. The summed E-state index contributed by atoms with van der Waals surface area (Å²) in [6.07, 6.45) is 0.903. The summed E-state index contributed by atoms with van der Waals surface area (Å²) in [5.41, 5.74) is 3.34. The molecule has 0 aliphatic heterocycles. The number of hydrogen-bond donors (Lipinski definition) is 2. The first-order valence-corrected chi connectivity index (χ1v) is 6.06. The van der Waals surface area contributed by atoms with Crippen LogP contribution in [0, 0.1) is 6.92 Å². The zero-order valence-electron chi connectivity index (χ0n) is 11.0. The molecule has 0 spiro atoms. The van der Waals surface area contributed by atoms with Gasteiger partial charge >= 0.3 is 5.97 Å². The lowest BCUT2D eigenvalue weighted by Gasteiger charge is -2.06. The molecule has 1 aromatic heterocycles. The minimum absolute atomic E-state index is 0.291. The highest BCUT2D eigenvalue weighted by molar-refractivity contribution is 5.92. The fourth-order valence-electron chi connectivity index (χ4n) is 2.21. The Hall–Kier alpha value is -1.81. The van der Waals surface area contributed by atoms with Crippen molar-refractivity contribution in [2.45, 2.75) is 20.3 Å². The number of rotatable bonds is 4. The van der Waals surface area contributed by atoms with E-state index in [1.54, 1.807) is 0 Å². The van der Waals surface area contributed by atoms with Gasteiger partial charge in [-0.1, -0.05) is 6.07 Å². The van der Waals surface area contributed by atoms with Crippen molar-refractivity contribution >= 4 is 16.9 Å². The lowest BCUT2D eigenvalue weighted by molar-refractivity contribution is -0.131. The first kappa shape index (κ1) is 12.6. The Kier molecular flexibility index (Phi) is 3.67. The molecule has 0 saturated heterocycles. The molecule has 0 aliphatic carbocycles. The highest BCUT2D eigenvalue weighted by Gasteiger charge is 2.13. The monoisotopic (exact) mass is 246 g/mol. The summed E-state index contributed by atoms with van der Waals surface area (Å²) in [6, 6.07) is 5.72. The number of fused-ring (bicyclic) bond motifs is 1. The average molecular weight is 246 g/mol. The van der Waals surface area contributed by atoms with Gasteiger partial charge in [0.25, 0.3) is 0 Å². The van der Waals surface area contributed by atoms with Crippen LogP contribution in [0.1, 0.15) is 18.2 Å². The number of nitrogens with one attached hydrogen (secondary N) is 2. The summed E-state index contributed by atoms with van der Waals surface area (Å²) in [6.45, 7) is 4.36. The number of benzene rings is 1. The van der Waals surface area contributed by atoms with Crippen molar-refractivity contribution in [3.8, 4) is 5.75 Å². The van der Waals surface area contributed by atoms with Crippen LogP contribution in [0.3, 0.4) is 0 Å². The van der Waals surface area contributed by atoms with Crippen LogP contribution in [0.2, 0.25) is 0 Å². The maximum absolute atomic E-state index is 11.1. The number of hydrogen-bond acceptors (Lipinski definition) is 3. The second-order valence-electron chi connectivity index (χ2n) is 4.35. The van der Waals surface area contributed by atoms with Gasteiger partial charge in [0.1, 0.15) is 5.75 Å². The van der Waals surface area contributed by atoms with E-state index in [-0.39, 0.29) is 5.97 Å². The third-order valence-electron chi connectivity index (χ3n) is 2.98. The zero-order chi connectivity index (χ0) is 13.1. The van der Waals surface area contributed by atoms with Crippen LogP contribution in [-0.4, -0.2) is 24.5 Å². The third-order valence-corrected chi connectivity index (χ3v) is 2.98. The minimum atomic E-state index is -0.291. The molecule has 4 nitrogen and oxygen atoms in total. The molecule has 0 aliphatic rings. The van der Waals surface area contributed by atoms with Crippen LogP contribution >= 0.6 is 0 Å². The SMILES string of the molecule is CNCCc1c(C)[nH]c2cccc(OC(C)=O)c12. The number of H-pyrrole nitrogens is 1. The second-order valence-corrected chi connectivity index (χ2v) is 4.35. The van der Waals surface area contributed by atoms with Gasteiger partial charge in [-0.2, -0.15) is 0 Å². The Morgan fingerprint density at radius 2 is 2.22 bits per heavy atom. The van der Waals surface area contributed by atoms with Gasteiger partial charge in [-0.25, -0.2) is 0 Å². The van der Waals surface area contributed by atoms with Crippen LogP contribution < -0.4 is 10.1 Å². The quantitative estimate of drug-likeness (QED) is 0.642. The summed E-state index contributed by atoms with van der Waals surface area (Å²) in [5.74, 6) is 0.344. The van der Waals surface area contributed by atoms with E-state index in [2.05, 4.69) is 10.3 Å². The largest absolute Gasteiger partial charge is 0.426 e. The van der Waals surface area contributed by atoms with E-state index in [0.717, 1.165) is 29.6 Å². The van der Waals surface area contributed by atoms with Crippen LogP contribution in [-0.2, 0) is 11.2 Å². The van der Waals surface area contributed by atoms with E-state index in [1.165, 1.54) is 12.5 Å². The molecule has 0 atom stereocenters. The summed E-state index contributed by atoms with van der Waals surface area (Å²) >= 11 is 0. The predicted molar refractivity (Wildman–Crippen MR) is 72.0 cm³/mol. The first-order valence-electron chi connectivity index (χ1n) is 6.06. The number of esters is 1. The van der Waals surface area contributed by atoms with Crippen molar-refractivity contribution < 1.29 is 9.53 Å². The Morgan fingerprint density at radius 3 is 2.89 bits per heavy atom. The fraction of sp³-hybridized carbons (Fsp3) is 0.357. The van der Waals surface area contributed by atoms with E-state index in [4.69, 9.17) is 4.74 Å². The average Bonchev–Trinajstić information content (AvgIpc) is 2.63. The summed E-state index contributed by atoms with van der Waals surface area (Å²) in [4.78, 5) is 14.5. The standard InChI is InChI=1S/C14H18N2O2/c1-9-11(7-8-15-3)14-12(16-9)5-4-6-13(14)18-10(2)17/h4-6,15-16H,7-8H2,1-3H3. The molecule has 2 aromatic rings. The topological polar surface area (TPSA) is 54.1 Å². The van der Waals surface area contributed by atoms with E-state index in [9.17, 15) is 4.79 Å². The van der Waals surface area contributed by atoms with Crippen molar-refractivity contribution in [1.82, 2.24) is 10.3 Å². The lowest BCUT2D eigenvalue weighted by Crippen LogP contribution is -2.11. The smallest absolute Gasteiger partial charge is 0.308 e. The molecule has 2 N–H and O–H groups in total. The normalized spacial score (nSPS) is 10.8. The molecule has 96 valence electrons. The van der Waals surface area contributed by atoms with E-state index in [1.807, 2.05) is 32.2 Å². The molecular weight excluding hydrogens is 228 g/mol. The summed E-state index contributed by atoms with van der Waals surface area (Å²) in [5, 5.41) is 4.15. The highest BCUT2D eigenvalue weighted by atomic mass is 16.5. The molecule has 2 rings (SSSR count). The van der Waals surface area contributed by atoms with Gasteiger partial charge < -0.3 is 15.0 Å². The number of ether oxygens (including phenoxy) is 1. The molecule has 1 heterocycles. The van der Waals surface area contributed by atoms with Crippen molar-refractivity contribution in [2.75, 3.05) is 13.6 Å².